The van der Waals surface area contributed by atoms with Crippen LogP contribution in [0.5, 0.6) is 0 Å². The summed E-state index contributed by atoms with van der Waals surface area (Å²) < 4.78 is 0. The van der Waals surface area contributed by atoms with Crippen LogP contribution in [-0.2, 0) is 12.0 Å². The summed E-state index contributed by atoms with van der Waals surface area (Å²) in [6.07, 6.45) is 9.40. The van der Waals surface area contributed by atoms with Crippen molar-refractivity contribution in [1.29, 1.82) is 0 Å². The molecule has 1 aromatic rings. The summed E-state index contributed by atoms with van der Waals surface area (Å²) in [7, 11) is 0. The number of hydrogen-bond acceptors (Lipinski definition) is 3. The molecule has 0 bridgehead atoms. The normalized spacial score (nSPS) is 26.8. The molecular weight excluding hydrogens is 258 g/mol. The quantitative estimate of drug-likeness (QED) is 0.894. The van der Waals surface area contributed by atoms with Crippen LogP contribution in [0.3, 0.4) is 0 Å². The minimum Gasteiger partial charge on any atom is -0.314 e. The van der Waals surface area contributed by atoms with Crippen LogP contribution in [0.2, 0.25) is 0 Å². The van der Waals surface area contributed by atoms with Gasteiger partial charge in [0.15, 0.2) is 0 Å². The second-order valence-corrected chi connectivity index (χ2v) is 7.83. The van der Waals surface area contributed by atoms with E-state index in [1.165, 1.54) is 43.4 Å². The van der Waals surface area contributed by atoms with E-state index < -0.39 is 0 Å². The minimum atomic E-state index is 0.175. The van der Waals surface area contributed by atoms with Gasteiger partial charge < -0.3 is 10.6 Å². The molecule has 2 N–H and O–H groups in total. The highest BCUT2D eigenvalue weighted by atomic mass is 15.0. The van der Waals surface area contributed by atoms with Gasteiger partial charge in [0, 0.05) is 31.0 Å². The second-order valence-electron chi connectivity index (χ2n) is 7.83. The molecule has 0 aromatic carbocycles. The zero-order chi connectivity index (χ0) is 14.9. The van der Waals surface area contributed by atoms with Crippen molar-refractivity contribution in [2.75, 3.05) is 6.54 Å². The predicted molar refractivity (Wildman–Crippen MR) is 87.3 cm³/mol. The van der Waals surface area contributed by atoms with Gasteiger partial charge in [-0.25, -0.2) is 0 Å². The third kappa shape index (κ3) is 4.04. The zero-order valence-corrected chi connectivity index (χ0v) is 13.7. The van der Waals surface area contributed by atoms with Crippen LogP contribution in [0, 0.1) is 5.92 Å². The fourth-order valence-electron chi connectivity index (χ4n) is 3.25. The molecule has 2 aliphatic rings. The van der Waals surface area contributed by atoms with E-state index >= 15 is 0 Å². The molecule has 1 aliphatic carbocycles. The van der Waals surface area contributed by atoms with Crippen molar-refractivity contribution in [3.63, 3.8) is 0 Å². The van der Waals surface area contributed by atoms with E-state index in [9.17, 15) is 0 Å². The largest absolute Gasteiger partial charge is 0.314 e. The fraction of sp³-hybridized carbons (Fsp3) is 0.722. The molecule has 3 heteroatoms. The Kier molecular flexibility index (Phi) is 4.32. The lowest BCUT2D eigenvalue weighted by Gasteiger charge is -2.31. The summed E-state index contributed by atoms with van der Waals surface area (Å²) in [5.74, 6) is 0.959. The van der Waals surface area contributed by atoms with Gasteiger partial charge in [-0.15, -0.1) is 0 Å². The molecule has 1 aliphatic heterocycles. The molecule has 1 saturated carbocycles. The van der Waals surface area contributed by atoms with Crippen LogP contribution in [0.15, 0.2) is 18.5 Å². The Labute approximate surface area is 128 Å². The van der Waals surface area contributed by atoms with Crippen molar-refractivity contribution in [1.82, 2.24) is 15.6 Å². The molecule has 2 fully saturated rings. The van der Waals surface area contributed by atoms with Gasteiger partial charge in [-0.1, -0.05) is 26.8 Å². The lowest BCUT2D eigenvalue weighted by molar-refractivity contribution is 0.297. The number of nitrogens with one attached hydrogen (secondary N) is 2. The average Bonchev–Trinajstić information content (AvgIpc) is 3.30. The number of rotatable bonds is 4. The van der Waals surface area contributed by atoms with Gasteiger partial charge >= 0.3 is 0 Å². The van der Waals surface area contributed by atoms with Crippen molar-refractivity contribution >= 4 is 0 Å². The van der Waals surface area contributed by atoms with E-state index in [-0.39, 0.29) is 5.41 Å². The van der Waals surface area contributed by atoms with E-state index in [4.69, 9.17) is 0 Å². The minimum absolute atomic E-state index is 0.175. The zero-order valence-electron chi connectivity index (χ0n) is 13.7. The second kappa shape index (κ2) is 6.05. The molecule has 21 heavy (non-hydrogen) atoms. The maximum absolute atomic E-state index is 4.42. The molecule has 3 rings (SSSR count). The molecular formula is C18H29N3. The van der Waals surface area contributed by atoms with E-state index in [0.717, 1.165) is 18.5 Å². The first-order valence-corrected chi connectivity index (χ1v) is 8.43. The van der Waals surface area contributed by atoms with Gasteiger partial charge in [0.2, 0.25) is 0 Å². The number of aromatic nitrogens is 1. The third-order valence-corrected chi connectivity index (χ3v) is 4.88. The van der Waals surface area contributed by atoms with Gasteiger partial charge in [-0.05, 0) is 54.7 Å². The van der Waals surface area contributed by atoms with Crippen LogP contribution >= 0.6 is 0 Å². The summed E-state index contributed by atoms with van der Waals surface area (Å²) >= 11 is 0. The number of nitrogens with zero attached hydrogens (tertiary/aromatic N) is 1. The standard InChI is InChI=1S/C18H29N3/c1-18(2,3)15-8-13(10-19-12-15)11-21-16-6-7-20-17(9-16)14-4-5-14/h8,10,12,14,16-17,20-21H,4-7,9,11H2,1-3H3. The molecule has 1 aromatic heterocycles. The molecule has 2 unspecified atom stereocenters. The Morgan fingerprint density at radius 2 is 2.05 bits per heavy atom. The fourth-order valence-corrected chi connectivity index (χ4v) is 3.25. The van der Waals surface area contributed by atoms with Crippen LogP contribution in [-0.4, -0.2) is 23.6 Å². The highest BCUT2D eigenvalue weighted by Crippen LogP contribution is 2.35. The van der Waals surface area contributed by atoms with Crippen LogP contribution < -0.4 is 10.6 Å². The predicted octanol–water partition coefficient (Wildman–Crippen LogP) is 3.00. The third-order valence-electron chi connectivity index (χ3n) is 4.88. The molecule has 2 heterocycles. The van der Waals surface area contributed by atoms with Crippen molar-refractivity contribution in [2.45, 2.75) is 70.5 Å². The molecule has 0 amide bonds. The Balaban J connectivity index is 1.54. The Hall–Kier alpha value is -0.930. The lowest BCUT2D eigenvalue weighted by Crippen LogP contribution is -2.46. The van der Waals surface area contributed by atoms with Gasteiger partial charge in [-0.3, -0.25) is 4.98 Å². The van der Waals surface area contributed by atoms with E-state index in [0.29, 0.717) is 6.04 Å². The lowest BCUT2D eigenvalue weighted by atomic mass is 9.87. The van der Waals surface area contributed by atoms with Crippen molar-refractivity contribution in [2.24, 2.45) is 5.92 Å². The van der Waals surface area contributed by atoms with Crippen molar-refractivity contribution < 1.29 is 0 Å². The number of hydrogen-bond donors (Lipinski definition) is 2. The van der Waals surface area contributed by atoms with Crippen LogP contribution in [0.1, 0.15) is 57.6 Å². The monoisotopic (exact) mass is 287 g/mol. The summed E-state index contributed by atoms with van der Waals surface area (Å²) in [4.78, 5) is 4.42. The van der Waals surface area contributed by atoms with E-state index in [2.05, 4.69) is 42.5 Å². The van der Waals surface area contributed by atoms with E-state index in [1.54, 1.807) is 0 Å². The molecule has 0 spiro atoms. The topological polar surface area (TPSA) is 37.0 Å². The molecule has 3 nitrogen and oxygen atoms in total. The first kappa shape index (κ1) is 15.0. The molecule has 1 saturated heterocycles. The summed E-state index contributed by atoms with van der Waals surface area (Å²) in [6, 6.07) is 3.73. The smallest absolute Gasteiger partial charge is 0.0313 e. The van der Waals surface area contributed by atoms with Crippen LogP contribution in [0.4, 0.5) is 0 Å². The van der Waals surface area contributed by atoms with E-state index in [1.807, 2.05) is 12.4 Å². The number of piperidine rings is 1. The first-order chi connectivity index (χ1) is 10.0. The molecule has 2 atom stereocenters. The maximum Gasteiger partial charge on any atom is 0.0313 e. The van der Waals surface area contributed by atoms with Gasteiger partial charge in [0.25, 0.3) is 0 Å². The van der Waals surface area contributed by atoms with Gasteiger partial charge in [-0.2, -0.15) is 0 Å². The van der Waals surface area contributed by atoms with Gasteiger partial charge in [0.05, 0.1) is 0 Å². The van der Waals surface area contributed by atoms with Crippen molar-refractivity contribution in [3.8, 4) is 0 Å². The Morgan fingerprint density at radius 1 is 1.24 bits per heavy atom. The Morgan fingerprint density at radius 3 is 2.76 bits per heavy atom. The molecule has 116 valence electrons. The highest BCUT2D eigenvalue weighted by molar-refractivity contribution is 5.24. The van der Waals surface area contributed by atoms with Crippen LogP contribution in [0.25, 0.3) is 0 Å². The summed E-state index contributed by atoms with van der Waals surface area (Å²) in [5, 5.41) is 7.44. The first-order valence-electron chi connectivity index (χ1n) is 8.43. The summed E-state index contributed by atoms with van der Waals surface area (Å²) in [6.45, 7) is 8.84. The molecule has 0 radical (unpaired) electrons. The van der Waals surface area contributed by atoms with Crippen molar-refractivity contribution in [3.05, 3.63) is 29.6 Å². The highest BCUT2D eigenvalue weighted by Gasteiger charge is 2.34. The summed E-state index contributed by atoms with van der Waals surface area (Å²) in [5.41, 5.74) is 2.81. The average molecular weight is 287 g/mol. The van der Waals surface area contributed by atoms with Gasteiger partial charge in [0.1, 0.15) is 0 Å². The SMILES string of the molecule is CC(C)(C)c1cncc(CNC2CCNC(C3CC3)C2)c1. The Bertz CT molecular complexity index is 474. The maximum atomic E-state index is 4.42. The number of pyridine rings is 1.